The topological polar surface area (TPSA) is 63.0 Å². The molecule has 0 radical (unpaired) electrons. The standard InChI is InChI=1S/C18H27N5O2/c1-4-15-13-25-8-7-22(15)18(24)16-10-20-23-12-14(9-19-17(16)23)11-21(5-2)6-3/h9-10,12,15H,4-8,11,13H2,1-3H3. The molecule has 1 atom stereocenters. The van der Waals surface area contributed by atoms with E-state index < -0.39 is 0 Å². The van der Waals surface area contributed by atoms with Gasteiger partial charge in [0.05, 0.1) is 25.5 Å². The Morgan fingerprint density at radius 2 is 2.12 bits per heavy atom. The van der Waals surface area contributed by atoms with Crippen molar-refractivity contribution in [2.75, 3.05) is 32.8 Å². The molecular formula is C18H27N5O2. The predicted molar refractivity (Wildman–Crippen MR) is 95.5 cm³/mol. The Hall–Kier alpha value is -1.99. The van der Waals surface area contributed by atoms with Crippen molar-refractivity contribution in [2.45, 2.75) is 39.8 Å². The third-order valence-electron chi connectivity index (χ3n) is 4.90. The third-order valence-corrected chi connectivity index (χ3v) is 4.90. The molecule has 0 N–H and O–H groups in total. The molecule has 0 bridgehead atoms. The zero-order chi connectivity index (χ0) is 17.8. The summed E-state index contributed by atoms with van der Waals surface area (Å²) in [5.74, 6) is -0.00542. The van der Waals surface area contributed by atoms with Gasteiger partial charge in [0, 0.05) is 31.0 Å². The number of rotatable bonds is 6. The van der Waals surface area contributed by atoms with Crippen molar-refractivity contribution in [1.29, 1.82) is 0 Å². The molecule has 136 valence electrons. The second kappa shape index (κ2) is 7.93. The number of amides is 1. The molecule has 1 amide bonds. The van der Waals surface area contributed by atoms with Crippen LogP contribution in [0.2, 0.25) is 0 Å². The Labute approximate surface area is 148 Å². The minimum Gasteiger partial charge on any atom is -0.377 e. The van der Waals surface area contributed by atoms with Crippen molar-refractivity contribution in [3.8, 4) is 0 Å². The van der Waals surface area contributed by atoms with Crippen LogP contribution in [0.15, 0.2) is 18.6 Å². The van der Waals surface area contributed by atoms with Crippen molar-refractivity contribution in [2.24, 2.45) is 0 Å². The van der Waals surface area contributed by atoms with E-state index >= 15 is 0 Å². The highest BCUT2D eigenvalue weighted by Gasteiger charge is 2.29. The molecule has 0 saturated carbocycles. The number of carbonyl (C=O) groups is 1. The van der Waals surface area contributed by atoms with Crippen LogP contribution in [0.1, 0.15) is 43.1 Å². The third kappa shape index (κ3) is 3.67. The minimum absolute atomic E-state index is 0.00542. The Balaban J connectivity index is 1.84. The Morgan fingerprint density at radius 1 is 1.32 bits per heavy atom. The molecular weight excluding hydrogens is 318 g/mol. The van der Waals surface area contributed by atoms with Gasteiger partial charge in [-0.05, 0) is 19.5 Å². The average molecular weight is 345 g/mol. The summed E-state index contributed by atoms with van der Waals surface area (Å²) < 4.78 is 7.21. The maximum atomic E-state index is 13.0. The highest BCUT2D eigenvalue weighted by atomic mass is 16.5. The van der Waals surface area contributed by atoms with Gasteiger partial charge in [-0.2, -0.15) is 5.10 Å². The molecule has 0 spiro atoms. The largest absolute Gasteiger partial charge is 0.377 e. The molecule has 1 saturated heterocycles. The second-order valence-electron chi connectivity index (χ2n) is 6.39. The Morgan fingerprint density at radius 3 is 2.84 bits per heavy atom. The van der Waals surface area contributed by atoms with E-state index in [1.165, 1.54) is 0 Å². The number of ether oxygens (including phenoxy) is 1. The summed E-state index contributed by atoms with van der Waals surface area (Å²) in [4.78, 5) is 21.7. The van der Waals surface area contributed by atoms with Gasteiger partial charge < -0.3 is 9.64 Å². The number of carbonyl (C=O) groups excluding carboxylic acids is 1. The Bertz CT molecular complexity index is 725. The molecule has 2 aromatic heterocycles. The maximum absolute atomic E-state index is 13.0. The number of hydrogen-bond donors (Lipinski definition) is 0. The van der Waals surface area contributed by atoms with E-state index in [0.717, 1.165) is 31.6 Å². The molecule has 2 aromatic rings. The van der Waals surface area contributed by atoms with Crippen molar-refractivity contribution < 1.29 is 9.53 Å². The van der Waals surface area contributed by atoms with Crippen molar-refractivity contribution in [3.63, 3.8) is 0 Å². The first kappa shape index (κ1) is 17.8. The van der Waals surface area contributed by atoms with Crippen molar-refractivity contribution in [3.05, 3.63) is 29.7 Å². The molecule has 7 nitrogen and oxygen atoms in total. The van der Waals surface area contributed by atoms with Gasteiger partial charge in [0.15, 0.2) is 5.65 Å². The molecule has 25 heavy (non-hydrogen) atoms. The Kier molecular flexibility index (Phi) is 5.65. The molecule has 3 rings (SSSR count). The molecule has 1 fully saturated rings. The van der Waals surface area contributed by atoms with E-state index in [9.17, 15) is 4.79 Å². The number of nitrogens with zero attached hydrogens (tertiary/aromatic N) is 5. The highest BCUT2D eigenvalue weighted by Crippen LogP contribution is 2.18. The number of morpholine rings is 1. The smallest absolute Gasteiger partial charge is 0.259 e. The normalized spacial score (nSPS) is 18.2. The van der Waals surface area contributed by atoms with Gasteiger partial charge >= 0.3 is 0 Å². The first-order valence-corrected chi connectivity index (χ1v) is 9.11. The van der Waals surface area contributed by atoms with E-state index in [4.69, 9.17) is 4.74 Å². The number of aromatic nitrogens is 3. The lowest BCUT2D eigenvalue weighted by Crippen LogP contribution is -2.48. The van der Waals surface area contributed by atoms with Crippen LogP contribution in [-0.4, -0.2) is 69.2 Å². The van der Waals surface area contributed by atoms with Crippen LogP contribution in [0.5, 0.6) is 0 Å². The van der Waals surface area contributed by atoms with Crippen LogP contribution in [-0.2, 0) is 11.3 Å². The molecule has 1 aliphatic heterocycles. The van der Waals surface area contributed by atoms with E-state index in [2.05, 4.69) is 35.8 Å². The van der Waals surface area contributed by atoms with Crippen LogP contribution < -0.4 is 0 Å². The number of fused-ring (bicyclic) bond motifs is 1. The van der Waals surface area contributed by atoms with Crippen LogP contribution in [0.4, 0.5) is 0 Å². The molecule has 7 heteroatoms. The van der Waals surface area contributed by atoms with Gasteiger partial charge in [-0.15, -0.1) is 0 Å². The first-order valence-electron chi connectivity index (χ1n) is 9.11. The molecule has 1 aliphatic rings. The summed E-state index contributed by atoms with van der Waals surface area (Å²) >= 11 is 0. The van der Waals surface area contributed by atoms with Gasteiger partial charge in [-0.1, -0.05) is 20.8 Å². The van der Waals surface area contributed by atoms with E-state index in [-0.39, 0.29) is 11.9 Å². The second-order valence-corrected chi connectivity index (χ2v) is 6.39. The fourth-order valence-corrected chi connectivity index (χ4v) is 3.27. The summed E-state index contributed by atoms with van der Waals surface area (Å²) in [5, 5.41) is 4.36. The van der Waals surface area contributed by atoms with E-state index in [1.807, 2.05) is 17.3 Å². The minimum atomic E-state index is -0.00542. The zero-order valence-corrected chi connectivity index (χ0v) is 15.3. The zero-order valence-electron chi connectivity index (χ0n) is 15.3. The highest BCUT2D eigenvalue weighted by molar-refractivity contribution is 5.99. The van der Waals surface area contributed by atoms with Crippen molar-refractivity contribution in [1.82, 2.24) is 24.4 Å². The predicted octanol–water partition coefficient (Wildman–Crippen LogP) is 1.82. The molecule has 0 aromatic carbocycles. The molecule has 1 unspecified atom stereocenters. The van der Waals surface area contributed by atoms with Crippen LogP contribution in [0, 0.1) is 0 Å². The summed E-state index contributed by atoms with van der Waals surface area (Å²) in [7, 11) is 0. The lowest BCUT2D eigenvalue weighted by atomic mass is 10.1. The number of hydrogen-bond acceptors (Lipinski definition) is 5. The monoisotopic (exact) mass is 345 g/mol. The van der Waals surface area contributed by atoms with E-state index in [1.54, 1.807) is 10.7 Å². The van der Waals surface area contributed by atoms with E-state index in [0.29, 0.717) is 31.0 Å². The van der Waals surface area contributed by atoms with Crippen LogP contribution >= 0.6 is 0 Å². The fourth-order valence-electron chi connectivity index (χ4n) is 3.27. The maximum Gasteiger partial charge on any atom is 0.259 e. The average Bonchev–Trinajstić information content (AvgIpc) is 3.08. The van der Waals surface area contributed by atoms with Gasteiger partial charge in [-0.3, -0.25) is 9.69 Å². The quantitative estimate of drug-likeness (QED) is 0.799. The van der Waals surface area contributed by atoms with Crippen LogP contribution in [0.25, 0.3) is 5.65 Å². The summed E-state index contributed by atoms with van der Waals surface area (Å²) in [6.07, 6.45) is 6.33. The van der Waals surface area contributed by atoms with Crippen molar-refractivity contribution >= 4 is 11.6 Å². The summed E-state index contributed by atoms with van der Waals surface area (Å²) in [6, 6.07) is 0.123. The summed E-state index contributed by atoms with van der Waals surface area (Å²) in [6.45, 7) is 11.0. The lowest BCUT2D eigenvalue weighted by molar-refractivity contribution is -0.00270. The lowest BCUT2D eigenvalue weighted by Gasteiger charge is -2.34. The molecule has 0 aliphatic carbocycles. The molecule has 3 heterocycles. The SMILES string of the molecule is CCC1COCCN1C(=O)c1cnn2cc(CN(CC)CC)cnc12. The fraction of sp³-hybridized carbons (Fsp3) is 0.611. The van der Waals surface area contributed by atoms with Gasteiger partial charge in [0.25, 0.3) is 5.91 Å². The van der Waals surface area contributed by atoms with Crippen LogP contribution in [0.3, 0.4) is 0 Å². The van der Waals surface area contributed by atoms with Gasteiger partial charge in [0.2, 0.25) is 0 Å². The summed E-state index contributed by atoms with van der Waals surface area (Å²) in [5.41, 5.74) is 2.28. The van der Waals surface area contributed by atoms with Gasteiger partial charge in [0.1, 0.15) is 5.56 Å². The first-order chi connectivity index (χ1) is 12.2. The van der Waals surface area contributed by atoms with Gasteiger partial charge in [-0.25, -0.2) is 9.50 Å².